The molecule has 0 saturated carbocycles. The van der Waals surface area contributed by atoms with E-state index in [0.717, 1.165) is 15.8 Å². The number of fused-ring (bicyclic) bond motifs is 1. The van der Waals surface area contributed by atoms with E-state index in [1.807, 2.05) is 25.1 Å². The Morgan fingerprint density at radius 3 is 3.00 bits per heavy atom. The van der Waals surface area contributed by atoms with Crippen LogP contribution in [-0.4, -0.2) is 25.3 Å². The average Bonchev–Trinajstić information content (AvgIpc) is 2.81. The molecular weight excluding hydrogens is 298 g/mol. The van der Waals surface area contributed by atoms with Crippen molar-refractivity contribution in [1.29, 1.82) is 0 Å². The third-order valence-electron chi connectivity index (χ3n) is 2.41. The monoisotopic (exact) mass is 305 g/mol. The number of aromatic nitrogens is 5. The van der Waals surface area contributed by atoms with Crippen LogP contribution in [-0.2, 0) is 0 Å². The van der Waals surface area contributed by atoms with Gasteiger partial charge in [0.05, 0.1) is 0 Å². The van der Waals surface area contributed by atoms with Gasteiger partial charge in [0, 0.05) is 10.5 Å². The Balaban J connectivity index is 1.97. The van der Waals surface area contributed by atoms with E-state index in [9.17, 15) is 0 Å². The molecule has 1 aromatic carbocycles. The number of hydrogen-bond acceptors (Lipinski definition) is 5. The number of hydrogen-bond donors (Lipinski definition) is 0. The number of rotatable bonds is 2. The molecule has 3 aromatic rings. The van der Waals surface area contributed by atoms with Gasteiger partial charge in [-0.25, -0.2) is 0 Å². The van der Waals surface area contributed by atoms with Crippen molar-refractivity contribution >= 4 is 21.6 Å². The van der Waals surface area contributed by atoms with Crippen molar-refractivity contribution in [2.75, 3.05) is 0 Å². The third-order valence-corrected chi connectivity index (χ3v) is 2.90. The number of aryl methyl sites for hydroxylation is 1. The predicted molar refractivity (Wildman–Crippen MR) is 67.5 cm³/mol. The fourth-order valence-corrected chi connectivity index (χ4v) is 1.82. The summed E-state index contributed by atoms with van der Waals surface area (Å²) in [6.45, 7) is 1.97. The lowest BCUT2D eigenvalue weighted by atomic mass is 10.2. The zero-order valence-corrected chi connectivity index (χ0v) is 11.0. The molecule has 0 unspecified atom stereocenters. The first-order valence-corrected chi connectivity index (χ1v) is 6.01. The maximum Gasteiger partial charge on any atom is 0.239 e. The quantitative estimate of drug-likeness (QED) is 0.727. The van der Waals surface area contributed by atoms with E-state index in [4.69, 9.17) is 4.74 Å². The van der Waals surface area contributed by atoms with E-state index in [0.29, 0.717) is 11.5 Å². The van der Waals surface area contributed by atoms with E-state index in [1.54, 1.807) is 12.1 Å². The first-order chi connectivity index (χ1) is 8.72. The molecule has 0 aliphatic rings. The lowest BCUT2D eigenvalue weighted by molar-refractivity contribution is 0.443. The largest absolute Gasteiger partial charge is 0.437 e. The highest BCUT2D eigenvalue weighted by molar-refractivity contribution is 9.10. The Hall–Kier alpha value is -2.02. The minimum Gasteiger partial charge on any atom is -0.437 e. The van der Waals surface area contributed by atoms with Crippen LogP contribution in [0.25, 0.3) is 5.65 Å². The molecule has 0 bridgehead atoms. The SMILES string of the molecule is Cc1ccc(Br)cc1Oc1ccc2nnnn2n1. The van der Waals surface area contributed by atoms with Gasteiger partial charge in [0.25, 0.3) is 0 Å². The van der Waals surface area contributed by atoms with Gasteiger partial charge >= 0.3 is 0 Å². The summed E-state index contributed by atoms with van der Waals surface area (Å²) in [5.74, 6) is 1.18. The van der Waals surface area contributed by atoms with Crippen molar-refractivity contribution in [2.45, 2.75) is 6.92 Å². The topological polar surface area (TPSA) is 65.2 Å². The molecule has 6 nitrogen and oxygen atoms in total. The standard InChI is InChI=1S/C11H8BrN5O/c1-7-2-3-8(12)6-9(7)18-11-5-4-10-13-15-16-17(10)14-11/h2-6H,1H3. The van der Waals surface area contributed by atoms with Gasteiger partial charge in [0.1, 0.15) is 5.75 Å². The van der Waals surface area contributed by atoms with Crippen molar-refractivity contribution in [3.8, 4) is 11.6 Å². The van der Waals surface area contributed by atoms with Crippen LogP contribution in [0, 0.1) is 6.92 Å². The van der Waals surface area contributed by atoms with Crippen LogP contribution in [0.15, 0.2) is 34.8 Å². The van der Waals surface area contributed by atoms with Crippen LogP contribution in [0.5, 0.6) is 11.6 Å². The molecule has 0 aliphatic heterocycles. The molecule has 0 aliphatic carbocycles. The Kier molecular flexibility index (Phi) is 2.67. The molecule has 0 amide bonds. The van der Waals surface area contributed by atoms with E-state index in [2.05, 4.69) is 36.6 Å². The molecule has 7 heteroatoms. The van der Waals surface area contributed by atoms with Crippen LogP contribution in [0.4, 0.5) is 0 Å². The summed E-state index contributed by atoms with van der Waals surface area (Å²) in [5, 5.41) is 15.2. The summed E-state index contributed by atoms with van der Waals surface area (Å²) in [5.41, 5.74) is 1.60. The summed E-state index contributed by atoms with van der Waals surface area (Å²) in [7, 11) is 0. The molecule has 0 saturated heterocycles. The van der Waals surface area contributed by atoms with Gasteiger partial charge in [0.15, 0.2) is 5.65 Å². The second kappa shape index (κ2) is 4.34. The lowest BCUT2D eigenvalue weighted by Gasteiger charge is -2.07. The Morgan fingerprint density at radius 1 is 1.22 bits per heavy atom. The van der Waals surface area contributed by atoms with Crippen LogP contribution in [0.2, 0.25) is 0 Å². The van der Waals surface area contributed by atoms with Crippen molar-refractivity contribution < 1.29 is 4.74 Å². The van der Waals surface area contributed by atoms with E-state index >= 15 is 0 Å². The second-order valence-electron chi connectivity index (χ2n) is 3.71. The summed E-state index contributed by atoms with van der Waals surface area (Å²) < 4.78 is 7.98. The number of tetrazole rings is 1. The van der Waals surface area contributed by atoms with E-state index < -0.39 is 0 Å². The predicted octanol–water partition coefficient (Wildman–Crippen LogP) is 2.38. The van der Waals surface area contributed by atoms with Crippen molar-refractivity contribution in [3.05, 3.63) is 40.4 Å². The van der Waals surface area contributed by atoms with Crippen molar-refractivity contribution in [2.24, 2.45) is 0 Å². The number of benzene rings is 1. The second-order valence-corrected chi connectivity index (χ2v) is 4.63. The highest BCUT2D eigenvalue weighted by atomic mass is 79.9. The van der Waals surface area contributed by atoms with E-state index in [1.165, 1.54) is 4.63 Å². The number of nitrogens with zero attached hydrogens (tertiary/aromatic N) is 5. The van der Waals surface area contributed by atoms with E-state index in [-0.39, 0.29) is 0 Å². The number of halogens is 1. The van der Waals surface area contributed by atoms with Crippen molar-refractivity contribution in [3.63, 3.8) is 0 Å². The van der Waals surface area contributed by atoms with Gasteiger partial charge in [0.2, 0.25) is 5.88 Å². The number of ether oxygens (including phenoxy) is 1. The zero-order valence-electron chi connectivity index (χ0n) is 9.41. The fourth-order valence-electron chi connectivity index (χ4n) is 1.48. The van der Waals surface area contributed by atoms with Gasteiger partial charge in [-0.05, 0) is 41.1 Å². The van der Waals surface area contributed by atoms with Crippen LogP contribution < -0.4 is 4.74 Å². The minimum atomic E-state index is 0.441. The van der Waals surface area contributed by atoms with Gasteiger partial charge in [-0.2, -0.15) is 0 Å². The molecule has 2 heterocycles. The molecule has 18 heavy (non-hydrogen) atoms. The van der Waals surface area contributed by atoms with Gasteiger partial charge < -0.3 is 4.74 Å². The smallest absolute Gasteiger partial charge is 0.239 e. The molecule has 3 rings (SSSR count). The minimum absolute atomic E-state index is 0.441. The molecular formula is C11H8BrN5O. The Morgan fingerprint density at radius 2 is 2.11 bits per heavy atom. The Labute approximate surface area is 111 Å². The fraction of sp³-hybridized carbons (Fsp3) is 0.0909. The van der Waals surface area contributed by atoms with Gasteiger partial charge in [-0.1, -0.05) is 22.0 Å². The molecule has 0 radical (unpaired) electrons. The zero-order chi connectivity index (χ0) is 12.5. The normalized spacial score (nSPS) is 10.8. The summed E-state index contributed by atoms with van der Waals surface area (Å²) in [4.78, 5) is 0. The van der Waals surface area contributed by atoms with Crippen LogP contribution >= 0.6 is 15.9 Å². The van der Waals surface area contributed by atoms with Crippen LogP contribution in [0.3, 0.4) is 0 Å². The van der Waals surface area contributed by atoms with Gasteiger partial charge in [-0.15, -0.1) is 14.8 Å². The first kappa shape index (κ1) is 11.1. The molecule has 0 atom stereocenters. The van der Waals surface area contributed by atoms with Crippen molar-refractivity contribution in [1.82, 2.24) is 25.3 Å². The lowest BCUT2D eigenvalue weighted by Crippen LogP contribution is -1.97. The van der Waals surface area contributed by atoms with Crippen LogP contribution in [0.1, 0.15) is 5.56 Å². The third kappa shape index (κ3) is 2.04. The molecule has 0 N–H and O–H groups in total. The molecule has 0 spiro atoms. The molecule has 2 aromatic heterocycles. The molecule has 90 valence electrons. The maximum absolute atomic E-state index is 5.71. The highest BCUT2D eigenvalue weighted by Gasteiger charge is 2.05. The molecule has 0 fully saturated rings. The summed E-state index contributed by atoms with van der Waals surface area (Å²) >= 11 is 3.41. The van der Waals surface area contributed by atoms with Gasteiger partial charge in [-0.3, -0.25) is 0 Å². The first-order valence-electron chi connectivity index (χ1n) is 5.22. The highest BCUT2D eigenvalue weighted by Crippen LogP contribution is 2.26. The summed E-state index contributed by atoms with van der Waals surface area (Å²) in [6.07, 6.45) is 0. The Bertz CT molecular complexity index is 711. The average molecular weight is 306 g/mol. The summed E-state index contributed by atoms with van der Waals surface area (Å²) in [6, 6.07) is 9.29. The maximum atomic E-state index is 5.71.